The van der Waals surface area contributed by atoms with Gasteiger partial charge in [0.1, 0.15) is 4.99 Å². The van der Waals surface area contributed by atoms with E-state index in [2.05, 4.69) is 0 Å². The van der Waals surface area contributed by atoms with Crippen molar-refractivity contribution in [1.82, 2.24) is 0 Å². The van der Waals surface area contributed by atoms with Crippen LogP contribution in [0.25, 0.3) is 0 Å². The maximum Gasteiger partial charge on any atom is 0.313 e. The van der Waals surface area contributed by atoms with Crippen LogP contribution in [0.5, 0.6) is 0 Å². The third-order valence-electron chi connectivity index (χ3n) is 1.71. The molecule has 0 saturated heterocycles. The van der Waals surface area contributed by atoms with Crippen LogP contribution in [0.3, 0.4) is 0 Å². The standard InChI is InChI=1S/C10H11NO2S2/c11-10(14)8-3-1-2-7(4-8)5-15-6-9(12)13/h1-4H,5-6H2,(H2,11,14)(H,12,13). The van der Waals surface area contributed by atoms with Crippen molar-refractivity contribution in [3.63, 3.8) is 0 Å². The summed E-state index contributed by atoms with van der Waals surface area (Å²) in [5.74, 6) is -0.0365. The number of benzene rings is 1. The summed E-state index contributed by atoms with van der Waals surface area (Å²) in [6.45, 7) is 0. The van der Waals surface area contributed by atoms with Gasteiger partial charge < -0.3 is 10.8 Å². The predicted molar refractivity (Wildman–Crippen MR) is 66.1 cm³/mol. The number of carboxylic acids is 1. The summed E-state index contributed by atoms with van der Waals surface area (Å²) in [5, 5.41) is 8.47. The van der Waals surface area contributed by atoms with Gasteiger partial charge in [-0.15, -0.1) is 11.8 Å². The minimum absolute atomic E-state index is 0.108. The van der Waals surface area contributed by atoms with Crippen molar-refractivity contribution in [3.8, 4) is 0 Å². The second-order valence-electron chi connectivity index (χ2n) is 2.95. The van der Waals surface area contributed by atoms with Crippen LogP contribution in [-0.2, 0) is 10.5 Å². The molecule has 0 heterocycles. The SMILES string of the molecule is NC(=S)c1cccc(CSCC(=O)O)c1. The van der Waals surface area contributed by atoms with E-state index in [-0.39, 0.29) is 5.75 Å². The Kier molecular flexibility index (Phi) is 4.58. The Morgan fingerprint density at radius 1 is 1.53 bits per heavy atom. The summed E-state index contributed by atoms with van der Waals surface area (Å²) in [7, 11) is 0. The first-order chi connectivity index (χ1) is 7.09. The molecular formula is C10H11NO2S2. The first kappa shape index (κ1) is 12.0. The maximum atomic E-state index is 10.3. The van der Waals surface area contributed by atoms with Crippen LogP contribution in [0.2, 0.25) is 0 Å². The zero-order valence-electron chi connectivity index (χ0n) is 7.97. The van der Waals surface area contributed by atoms with E-state index in [0.717, 1.165) is 11.1 Å². The predicted octanol–water partition coefficient (Wildman–Crippen LogP) is 1.64. The van der Waals surface area contributed by atoms with Crippen molar-refractivity contribution in [3.05, 3.63) is 35.4 Å². The Morgan fingerprint density at radius 2 is 2.27 bits per heavy atom. The lowest BCUT2D eigenvalue weighted by Gasteiger charge is -2.02. The highest BCUT2D eigenvalue weighted by Gasteiger charge is 2.00. The molecule has 0 aliphatic carbocycles. The topological polar surface area (TPSA) is 63.3 Å². The zero-order valence-corrected chi connectivity index (χ0v) is 9.61. The Morgan fingerprint density at radius 3 is 2.87 bits per heavy atom. The first-order valence-electron chi connectivity index (χ1n) is 4.28. The van der Waals surface area contributed by atoms with Crippen LogP contribution < -0.4 is 5.73 Å². The fourth-order valence-electron chi connectivity index (χ4n) is 1.07. The maximum absolute atomic E-state index is 10.3. The van der Waals surface area contributed by atoms with Crippen molar-refractivity contribution in [2.75, 3.05) is 5.75 Å². The average molecular weight is 241 g/mol. The van der Waals surface area contributed by atoms with Gasteiger partial charge in [0.15, 0.2) is 0 Å². The molecule has 0 radical (unpaired) electrons. The van der Waals surface area contributed by atoms with Gasteiger partial charge >= 0.3 is 5.97 Å². The van der Waals surface area contributed by atoms with E-state index in [9.17, 15) is 4.79 Å². The molecule has 0 aliphatic rings. The smallest absolute Gasteiger partial charge is 0.313 e. The third-order valence-corrected chi connectivity index (χ3v) is 2.93. The van der Waals surface area contributed by atoms with Gasteiger partial charge in [-0.05, 0) is 11.6 Å². The van der Waals surface area contributed by atoms with Crippen LogP contribution in [0.15, 0.2) is 24.3 Å². The van der Waals surface area contributed by atoms with Crippen molar-refractivity contribution in [2.45, 2.75) is 5.75 Å². The molecule has 0 fully saturated rings. The number of hydrogen-bond donors (Lipinski definition) is 2. The Balaban J connectivity index is 2.58. The summed E-state index contributed by atoms with van der Waals surface area (Å²) in [6.07, 6.45) is 0. The minimum Gasteiger partial charge on any atom is -0.481 e. The number of carbonyl (C=O) groups is 1. The van der Waals surface area contributed by atoms with E-state index in [1.165, 1.54) is 11.8 Å². The van der Waals surface area contributed by atoms with E-state index in [0.29, 0.717) is 10.7 Å². The van der Waals surface area contributed by atoms with Gasteiger partial charge in [-0.25, -0.2) is 0 Å². The summed E-state index contributed by atoms with van der Waals surface area (Å²) < 4.78 is 0. The number of carboxylic acid groups (broad SMARTS) is 1. The first-order valence-corrected chi connectivity index (χ1v) is 5.84. The normalized spacial score (nSPS) is 9.87. The summed E-state index contributed by atoms with van der Waals surface area (Å²) in [4.78, 5) is 10.7. The number of thiocarbonyl (C=S) groups is 1. The molecule has 80 valence electrons. The van der Waals surface area contributed by atoms with Gasteiger partial charge in [0, 0.05) is 11.3 Å². The molecule has 0 bridgehead atoms. The van der Waals surface area contributed by atoms with E-state index >= 15 is 0 Å². The Labute approximate surface area is 97.7 Å². The van der Waals surface area contributed by atoms with Gasteiger partial charge in [0.25, 0.3) is 0 Å². The van der Waals surface area contributed by atoms with Crippen LogP contribution in [0.4, 0.5) is 0 Å². The van der Waals surface area contributed by atoms with Gasteiger partial charge in [-0.3, -0.25) is 4.79 Å². The number of rotatable bonds is 5. The molecule has 5 heteroatoms. The zero-order chi connectivity index (χ0) is 11.3. The van der Waals surface area contributed by atoms with Crippen LogP contribution in [0.1, 0.15) is 11.1 Å². The van der Waals surface area contributed by atoms with E-state index in [1.54, 1.807) is 0 Å². The fourth-order valence-corrected chi connectivity index (χ4v) is 1.89. The summed E-state index contributed by atoms with van der Waals surface area (Å²) in [5.41, 5.74) is 7.34. The minimum atomic E-state index is -0.800. The Hall–Kier alpha value is -1.07. The number of thioether (sulfide) groups is 1. The molecule has 0 saturated carbocycles. The van der Waals surface area contributed by atoms with Crippen LogP contribution >= 0.6 is 24.0 Å². The lowest BCUT2D eigenvalue weighted by atomic mass is 10.1. The molecule has 1 rings (SSSR count). The van der Waals surface area contributed by atoms with Gasteiger partial charge in [0.2, 0.25) is 0 Å². The van der Waals surface area contributed by atoms with Gasteiger partial charge in [0.05, 0.1) is 5.75 Å². The number of nitrogens with two attached hydrogens (primary N) is 1. The monoisotopic (exact) mass is 241 g/mol. The van der Waals surface area contributed by atoms with Gasteiger partial charge in [-0.1, -0.05) is 30.4 Å². The Bertz CT molecular complexity index is 379. The molecule has 0 unspecified atom stereocenters. The lowest BCUT2D eigenvalue weighted by Crippen LogP contribution is -2.09. The molecule has 3 nitrogen and oxygen atoms in total. The van der Waals surface area contributed by atoms with Crippen molar-refractivity contribution >= 4 is 34.9 Å². The highest BCUT2D eigenvalue weighted by molar-refractivity contribution is 7.99. The van der Waals surface area contributed by atoms with E-state index in [4.69, 9.17) is 23.1 Å². The van der Waals surface area contributed by atoms with E-state index < -0.39 is 5.97 Å². The average Bonchev–Trinajstić information content (AvgIpc) is 2.17. The molecule has 0 aliphatic heterocycles. The van der Waals surface area contributed by atoms with E-state index in [1.807, 2.05) is 24.3 Å². The molecule has 1 aromatic rings. The highest BCUT2D eigenvalue weighted by Crippen LogP contribution is 2.13. The molecule has 1 aromatic carbocycles. The van der Waals surface area contributed by atoms with Crippen LogP contribution in [0, 0.1) is 0 Å². The lowest BCUT2D eigenvalue weighted by molar-refractivity contribution is -0.133. The third kappa shape index (κ3) is 4.31. The second-order valence-corrected chi connectivity index (χ2v) is 4.38. The van der Waals surface area contributed by atoms with Crippen molar-refractivity contribution in [1.29, 1.82) is 0 Å². The quantitative estimate of drug-likeness (QED) is 0.767. The molecule has 0 atom stereocenters. The molecule has 0 amide bonds. The molecule has 3 N–H and O–H groups in total. The van der Waals surface area contributed by atoms with Crippen molar-refractivity contribution < 1.29 is 9.90 Å². The van der Waals surface area contributed by atoms with Crippen LogP contribution in [-0.4, -0.2) is 21.8 Å². The fraction of sp³-hybridized carbons (Fsp3) is 0.200. The summed E-state index contributed by atoms with van der Waals surface area (Å²) in [6, 6.07) is 7.52. The molecule has 0 aromatic heterocycles. The van der Waals surface area contributed by atoms with Gasteiger partial charge in [-0.2, -0.15) is 0 Å². The second kappa shape index (κ2) is 5.72. The molecule has 15 heavy (non-hydrogen) atoms. The number of aliphatic carboxylic acids is 1. The highest BCUT2D eigenvalue weighted by atomic mass is 32.2. The van der Waals surface area contributed by atoms with Crippen molar-refractivity contribution in [2.24, 2.45) is 5.73 Å². The molecule has 0 spiro atoms. The number of hydrogen-bond acceptors (Lipinski definition) is 3. The summed E-state index contributed by atoms with van der Waals surface area (Å²) >= 11 is 6.20. The molecular weight excluding hydrogens is 230 g/mol. The largest absolute Gasteiger partial charge is 0.481 e.